The van der Waals surface area contributed by atoms with Gasteiger partial charge < -0.3 is 0 Å². The molecule has 0 atom stereocenters. The van der Waals surface area contributed by atoms with Crippen molar-refractivity contribution < 1.29 is 0 Å². The van der Waals surface area contributed by atoms with E-state index in [2.05, 4.69) is 31.7 Å². The average molecular weight is 187 g/mol. The molecule has 0 aliphatic rings. The summed E-state index contributed by atoms with van der Waals surface area (Å²) in [5.41, 5.74) is 2.86. The SMILES string of the molecule is C=CCc1c[c]ccc1CCCCC. The molecule has 0 unspecified atom stereocenters. The third kappa shape index (κ3) is 3.37. The van der Waals surface area contributed by atoms with Gasteiger partial charge in [-0.15, -0.1) is 6.58 Å². The zero-order valence-corrected chi connectivity index (χ0v) is 9.05. The summed E-state index contributed by atoms with van der Waals surface area (Å²) in [7, 11) is 0. The Morgan fingerprint density at radius 1 is 1.36 bits per heavy atom. The zero-order chi connectivity index (χ0) is 10.2. The summed E-state index contributed by atoms with van der Waals surface area (Å²) in [6, 6.07) is 9.41. The predicted molar refractivity (Wildman–Crippen MR) is 62.4 cm³/mol. The highest BCUT2D eigenvalue weighted by atomic mass is 14.0. The summed E-state index contributed by atoms with van der Waals surface area (Å²) < 4.78 is 0. The topological polar surface area (TPSA) is 0 Å². The van der Waals surface area contributed by atoms with Crippen molar-refractivity contribution in [2.45, 2.75) is 39.0 Å². The van der Waals surface area contributed by atoms with Gasteiger partial charge in [0.15, 0.2) is 0 Å². The first-order valence-corrected chi connectivity index (χ1v) is 5.47. The van der Waals surface area contributed by atoms with Gasteiger partial charge in [-0.2, -0.15) is 0 Å². The molecule has 1 aromatic carbocycles. The van der Waals surface area contributed by atoms with Crippen LogP contribution in [0.4, 0.5) is 0 Å². The van der Waals surface area contributed by atoms with Crippen molar-refractivity contribution >= 4 is 0 Å². The van der Waals surface area contributed by atoms with Crippen LogP contribution in [0.25, 0.3) is 0 Å². The third-order valence-electron chi connectivity index (χ3n) is 2.46. The Morgan fingerprint density at radius 2 is 2.21 bits per heavy atom. The smallest absolute Gasteiger partial charge is 0.00972 e. The Morgan fingerprint density at radius 3 is 2.93 bits per heavy atom. The van der Waals surface area contributed by atoms with Crippen LogP contribution < -0.4 is 0 Å². The molecule has 0 bridgehead atoms. The Balaban J connectivity index is 2.59. The maximum atomic E-state index is 3.78. The minimum absolute atomic E-state index is 0.971. The van der Waals surface area contributed by atoms with E-state index in [9.17, 15) is 0 Å². The molecule has 0 aromatic heterocycles. The van der Waals surface area contributed by atoms with E-state index in [0.29, 0.717) is 0 Å². The van der Waals surface area contributed by atoms with Gasteiger partial charge in [0.25, 0.3) is 0 Å². The fourth-order valence-corrected chi connectivity index (χ4v) is 1.65. The van der Waals surface area contributed by atoms with Crippen molar-refractivity contribution in [3.05, 3.63) is 48.0 Å². The largest absolute Gasteiger partial charge is 0.103 e. The van der Waals surface area contributed by atoms with Gasteiger partial charge in [-0.1, -0.05) is 44.0 Å². The first-order chi connectivity index (χ1) is 6.88. The molecular weight excluding hydrogens is 168 g/mol. The van der Waals surface area contributed by atoms with Gasteiger partial charge in [0.1, 0.15) is 0 Å². The Hall–Kier alpha value is -1.04. The summed E-state index contributed by atoms with van der Waals surface area (Å²) >= 11 is 0. The fourth-order valence-electron chi connectivity index (χ4n) is 1.65. The number of allylic oxidation sites excluding steroid dienone is 1. The van der Waals surface area contributed by atoms with Crippen LogP contribution >= 0.6 is 0 Å². The Labute approximate surface area is 87.7 Å². The quantitative estimate of drug-likeness (QED) is 0.467. The molecule has 0 aliphatic carbocycles. The molecule has 0 saturated carbocycles. The molecule has 14 heavy (non-hydrogen) atoms. The van der Waals surface area contributed by atoms with E-state index in [1.54, 1.807) is 0 Å². The molecule has 0 nitrogen and oxygen atoms in total. The van der Waals surface area contributed by atoms with E-state index >= 15 is 0 Å². The number of rotatable bonds is 6. The van der Waals surface area contributed by atoms with E-state index in [1.807, 2.05) is 12.1 Å². The highest BCUT2D eigenvalue weighted by Gasteiger charge is 1.99. The van der Waals surface area contributed by atoms with E-state index in [1.165, 1.54) is 36.8 Å². The molecule has 0 saturated heterocycles. The van der Waals surface area contributed by atoms with E-state index in [-0.39, 0.29) is 0 Å². The highest BCUT2D eigenvalue weighted by Crippen LogP contribution is 2.13. The van der Waals surface area contributed by atoms with Crippen LogP contribution in [0.5, 0.6) is 0 Å². The van der Waals surface area contributed by atoms with E-state index in [0.717, 1.165) is 6.42 Å². The first kappa shape index (κ1) is 11.0. The second-order valence-electron chi connectivity index (χ2n) is 3.64. The number of unbranched alkanes of at least 4 members (excludes halogenated alkanes) is 2. The predicted octanol–water partition coefficient (Wildman–Crippen LogP) is 3.95. The van der Waals surface area contributed by atoms with Crippen molar-refractivity contribution in [3.63, 3.8) is 0 Å². The summed E-state index contributed by atoms with van der Waals surface area (Å²) in [6.07, 6.45) is 8.05. The monoisotopic (exact) mass is 187 g/mol. The van der Waals surface area contributed by atoms with Gasteiger partial charge in [-0.3, -0.25) is 0 Å². The van der Waals surface area contributed by atoms with Gasteiger partial charge in [0, 0.05) is 0 Å². The number of hydrogen-bond acceptors (Lipinski definition) is 0. The Bertz CT molecular complexity index is 273. The van der Waals surface area contributed by atoms with Crippen molar-refractivity contribution in [1.82, 2.24) is 0 Å². The molecule has 1 radical (unpaired) electrons. The molecule has 0 fully saturated rings. The summed E-state index contributed by atoms with van der Waals surface area (Å²) in [4.78, 5) is 0. The first-order valence-electron chi connectivity index (χ1n) is 5.47. The van der Waals surface area contributed by atoms with Crippen LogP contribution in [-0.4, -0.2) is 0 Å². The lowest BCUT2D eigenvalue weighted by molar-refractivity contribution is 0.714. The lowest BCUT2D eigenvalue weighted by Crippen LogP contribution is -1.92. The molecule has 1 rings (SSSR count). The summed E-state index contributed by atoms with van der Waals surface area (Å²) in [5.74, 6) is 0. The van der Waals surface area contributed by atoms with Crippen LogP contribution in [0.15, 0.2) is 30.9 Å². The average Bonchev–Trinajstić information content (AvgIpc) is 2.21. The molecule has 75 valence electrons. The normalized spacial score (nSPS) is 10.1. The minimum atomic E-state index is 0.971. The number of aryl methyl sites for hydroxylation is 1. The number of benzene rings is 1. The van der Waals surface area contributed by atoms with Crippen molar-refractivity contribution in [2.75, 3.05) is 0 Å². The molecule has 0 N–H and O–H groups in total. The van der Waals surface area contributed by atoms with Crippen molar-refractivity contribution in [3.8, 4) is 0 Å². The van der Waals surface area contributed by atoms with Gasteiger partial charge in [0.2, 0.25) is 0 Å². The third-order valence-corrected chi connectivity index (χ3v) is 2.46. The highest BCUT2D eigenvalue weighted by molar-refractivity contribution is 5.28. The molecular formula is C14H19. The van der Waals surface area contributed by atoms with Crippen LogP contribution in [0.2, 0.25) is 0 Å². The molecule has 0 heterocycles. The standard InChI is InChI=1S/C14H19/c1-3-5-6-10-14-12-8-7-11-13(14)9-4-2/h4,8,11-12H,2-3,5-6,9-10H2,1H3. The maximum Gasteiger partial charge on any atom is -0.00972 e. The number of hydrogen-bond donors (Lipinski definition) is 0. The zero-order valence-electron chi connectivity index (χ0n) is 9.05. The van der Waals surface area contributed by atoms with E-state index in [4.69, 9.17) is 0 Å². The van der Waals surface area contributed by atoms with Gasteiger partial charge in [-0.05, 0) is 36.5 Å². The Kier molecular flexibility index (Phi) is 5.06. The van der Waals surface area contributed by atoms with Crippen LogP contribution in [0.1, 0.15) is 37.3 Å². The second kappa shape index (κ2) is 6.42. The van der Waals surface area contributed by atoms with Gasteiger partial charge in [-0.25, -0.2) is 0 Å². The van der Waals surface area contributed by atoms with E-state index < -0.39 is 0 Å². The minimum Gasteiger partial charge on any atom is -0.103 e. The van der Waals surface area contributed by atoms with Crippen LogP contribution in [0, 0.1) is 6.07 Å². The maximum absolute atomic E-state index is 3.78. The molecule has 0 amide bonds. The molecule has 0 spiro atoms. The summed E-state index contributed by atoms with van der Waals surface area (Å²) in [6.45, 7) is 6.02. The molecule has 1 aromatic rings. The van der Waals surface area contributed by atoms with Crippen LogP contribution in [0.3, 0.4) is 0 Å². The fraction of sp³-hybridized carbons (Fsp3) is 0.429. The lowest BCUT2D eigenvalue weighted by atomic mass is 9.99. The molecule has 0 aliphatic heterocycles. The van der Waals surface area contributed by atoms with Crippen molar-refractivity contribution in [2.24, 2.45) is 0 Å². The lowest BCUT2D eigenvalue weighted by Gasteiger charge is -2.06. The molecule has 0 heteroatoms. The van der Waals surface area contributed by atoms with Crippen molar-refractivity contribution in [1.29, 1.82) is 0 Å². The van der Waals surface area contributed by atoms with Gasteiger partial charge in [0.05, 0.1) is 0 Å². The second-order valence-corrected chi connectivity index (χ2v) is 3.64. The summed E-state index contributed by atoms with van der Waals surface area (Å²) in [5, 5.41) is 0. The van der Waals surface area contributed by atoms with Gasteiger partial charge >= 0.3 is 0 Å². The van der Waals surface area contributed by atoms with Crippen LogP contribution in [-0.2, 0) is 12.8 Å².